The van der Waals surface area contributed by atoms with Crippen LogP contribution in [0.25, 0.3) is 10.8 Å². The van der Waals surface area contributed by atoms with Gasteiger partial charge in [0.25, 0.3) is 0 Å². The van der Waals surface area contributed by atoms with Crippen molar-refractivity contribution in [3.63, 3.8) is 0 Å². The SMILES string of the molecule is CCOC(=O)NC(c1cccc2ccccc12)P(=O)(OC)OC. The second-order valence-electron chi connectivity index (χ2n) is 4.74. The Hall–Kier alpha value is -1.88. The molecule has 6 nitrogen and oxygen atoms in total. The van der Waals surface area contributed by atoms with Crippen molar-refractivity contribution in [2.75, 3.05) is 20.8 Å². The molecular weight excluding hydrogens is 317 g/mol. The molecule has 124 valence electrons. The topological polar surface area (TPSA) is 73.9 Å². The Morgan fingerprint density at radius 3 is 2.43 bits per heavy atom. The van der Waals surface area contributed by atoms with Crippen molar-refractivity contribution in [1.82, 2.24) is 5.32 Å². The normalized spacial score (nSPS) is 12.8. The molecule has 1 amide bonds. The maximum absolute atomic E-state index is 12.9. The van der Waals surface area contributed by atoms with E-state index < -0.39 is 19.5 Å². The number of rotatable bonds is 6. The van der Waals surface area contributed by atoms with Gasteiger partial charge in [0.2, 0.25) is 0 Å². The van der Waals surface area contributed by atoms with Crippen molar-refractivity contribution in [3.05, 3.63) is 48.0 Å². The second kappa shape index (κ2) is 7.59. The molecule has 1 N–H and O–H groups in total. The maximum Gasteiger partial charge on any atom is 0.408 e. The van der Waals surface area contributed by atoms with Gasteiger partial charge in [-0.25, -0.2) is 4.79 Å². The standard InChI is InChI=1S/C16H20NO5P/c1-4-22-16(18)17-15(23(19,20-2)21-3)14-11-7-9-12-8-5-6-10-13(12)14/h5-11,15H,4H2,1-3H3,(H,17,18). The molecular formula is C16H20NO5P. The fourth-order valence-electron chi connectivity index (χ4n) is 2.39. The lowest BCUT2D eigenvalue weighted by atomic mass is 10.0. The number of amides is 1. The molecule has 1 unspecified atom stereocenters. The lowest BCUT2D eigenvalue weighted by Gasteiger charge is -2.26. The molecule has 0 spiro atoms. The van der Waals surface area contributed by atoms with E-state index in [9.17, 15) is 9.36 Å². The number of carbonyl (C=O) groups is 1. The van der Waals surface area contributed by atoms with Gasteiger partial charge in [0.05, 0.1) is 6.61 Å². The Labute approximate surface area is 135 Å². The molecule has 0 aromatic heterocycles. The molecule has 7 heteroatoms. The Morgan fingerprint density at radius 2 is 1.78 bits per heavy atom. The average molecular weight is 337 g/mol. The molecule has 1 atom stereocenters. The van der Waals surface area contributed by atoms with Gasteiger partial charge in [-0.1, -0.05) is 42.5 Å². The first-order chi connectivity index (χ1) is 11.1. The van der Waals surface area contributed by atoms with Gasteiger partial charge in [-0.15, -0.1) is 0 Å². The van der Waals surface area contributed by atoms with Crippen molar-refractivity contribution in [2.24, 2.45) is 0 Å². The van der Waals surface area contributed by atoms with Crippen LogP contribution in [0.5, 0.6) is 0 Å². The minimum absolute atomic E-state index is 0.207. The molecule has 23 heavy (non-hydrogen) atoms. The van der Waals surface area contributed by atoms with Gasteiger partial charge < -0.3 is 19.1 Å². The lowest BCUT2D eigenvalue weighted by molar-refractivity contribution is 0.148. The highest BCUT2D eigenvalue weighted by molar-refractivity contribution is 7.54. The van der Waals surface area contributed by atoms with Crippen molar-refractivity contribution in [2.45, 2.75) is 12.7 Å². The predicted molar refractivity (Wildman–Crippen MR) is 88.5 cm³/mol. The van der Waals surface area contributed by atoms with E-state index in [0.717, 1.165) is 10.8 Å². The van der Waals surface area contributed by atoms with Crippen LogP contribution < -0.4 is 5.32 Å². The first-order valence-electron chi connectivity index (χ1n) is 7.18. The number of benzene rings is 2. The third-order valence-corrected chi connectivity index (χ3v) is 5.53. The third-order valence-electron chi connectivity index (χ3n) is 3.47. The van der Waals surface area contributed by atoms with E-state index in [2.05, 4.69) is 5.32 Å². The maximum atomic E-state index is 12.9. The first kappa shape index (κ1) is 17.5. The number of hydrogen-bond acceptors (Lipinski definition) is 5. The number of alkyl carbamates (subject to hydrolysis) is 1. The molecule has 0 heterocycles. The van der Waals surface area contributed by atoms with Crippen LogP contribution in [0.4, 0.5) is 4.79 Å². The number of fused-ring (bicyclic) bond motifs is 1. The number of carbonyl (C=O) groups excluding carboxylic acids is 1. The van der Waals surface area contributed by atoms with E-state index in [4.69, 9.17) is 13.8 Å². The largest absolute Gasteiger partial charge is 0.450 e. The predicted octanol–water partition coefficient (Wildman–Crippen LogP) is 4.07. The third kappa shape index (κ3) is 3.72. The molecule has 0 fully saturated rings. The van der Waals surface area contributed by atoms with Crippen molar-refractivity contribution in [3.8, 4) is 0 Å². The molecule has 2 aromatic rings. The minimum atomic E-state index is -3.61. The van der Waals surface area contributed by atoms with E-state index >= 15 is 0 Å². The van der Waals surface area contributed by atoms with Gasteiger partial charge in [-0.2, -0.15) is 0 Å². The second-order valence-corrected chi connectivity index (χ2v) is 7.07. The molecule has 0 aliphatic carbocycles. The van der Waals surface area contributed by atoms with Crippen LogP contribution in [0.1, 0.15) is 18.3 Å². The number of nitrogens with one attached hydrogen (secondary N) is 1. The van der Waals surface area contributed by atoms with Gasteiger partial charge in [-0.3, -0.25) is 4.57 Å². The zero-order valence-corrected chi connectivity index (χ0v) is 14.2. The van der Waals surface area contributed by atoms with Gasteiger partial charge in [0.1, 0.15) is 0 Å². The highest BCUT2D eigenvalue weighted by Gasteiger charge is 2.38. The summed E-state index contributed by atoms with van der Waals surface area (Å²) in [5.74, 6) is -0.970. The van der Waals surface area contributed by atoms with Gasteiger partial charge in [0.15, 0.2) is 5.78 Å². The van der Waals surface area contributed by atoms with E-state index in [1.807, 2.05) is 36.4 Å². The van der Waals surface area contributed by atoms with Crippen LogP contribution in [0.3, 0.4) is 0 Å². The summed E-state index contributed by atoms with van der Waals surface area (Å²) in [6.07, 6.45) is -0.681. The quantitative estimate of drug-likeness (QED) is 0.804. The van der Waals surface area contributed by atoms with E-state index in [-0.39, 0.29) is 6.61 Å². The Kier molecular flexibility index (Phi) is 5.77. The summed E-state index contributed by atoms with van der Waals surface area (Å²) >= 11 is 0. The molecule has 0 aliphatic rings. The monoisotopic (exact) mass is 337 g/mol. The zero-order valence-electron chi connectivity index (χ0n) is 13.3. The molecule has 0 aliphatic heterocycles. The van der Waals surface area contributed by atoms with Crippen LogP contribution in [0.15, 0.2) is 42.5 Å². The van der Waals surface area contributed by atoms with E-state index in [0.29, 0.717) is 5.56 Å². The summed E-state index contributed by atoms with van der Waals surface area (Å²) in [4.78, 5) is 11.9. The average Bonchev–Trinajstić information content (AvgIpc) is 2.59. The molecule has 0 saturated carbocycles. The van der Waals surface area contributed by atoms with Crippen molar-refractivity contribution in [1.29, 1.82) is 0 Å². The molecule has 0 bridgehead atoms. The molecule has 2 rings (SSSR count). The van der Waals surface area contributed by atoms with Crippen LogP contribution in [-0.2, 0) is 18.3 Å². The summed E-state index contributed by atoms with van der Waals surface area (Å²) in [5.41, 5.74) is 0.642. The summed E-state index contributed by atoms with van der Waals surface area (Å²) in [7, 11) is -1.03. The fourth-order valence-corrected chi connectivity index (χ4v) is 3.79. The number of hydrogen-bond donors (Lipinski definition) is 1. The number of ether oxygens (including phenoxy) is 1. The van der Waals surface area contributed by atoms with Crippen LogP contribution in [0.2, 0.25) is 0 Å². The van der Waals surface area contributed by atoms with Crippen molar-refractivity contribution >= 4 is 24.5 Å². The fraction of sp³-hybridized carbons (Fsp3) is 0.312. The van der Waals surface area contributed by atoms with Crippen molar-refractivity contribution < 1.29 is 23.1 Å². The van der Waals surface area contributed by atoms with Crippen LogP contribution >= 0.6 is 7.60 Å². The minimum Gasteiger partial charge on any atom is -0.450 e. The van der Waals surface area contributed by atoms with Gasteiger partial charge >= 0.3 is 13.7 Å². The summed E-state index contributed by atoms with van der Waals surface area (Å²) in [6.45, 7) is 1.90. The Bertz CT molecular complexity index is 720. The Balaban J connectivity index is 2.55. The smallest absolute Gasteiger partial charge is 0.408 e. The molecule has 0 radical (unpaired) electrons. The lowest BCUT2D eigenvalue weighted by Crippen LogP contribution is -2.30. The summed E-state index contributed by atoms with van der Waals surface area (Å²) in [5, 5.41) is 4.41. The van der Waals surface area contributed by atoms with E-state index in [1.54, 1.807) is 13.0 Å². The summed E-state index contributed by atoms with van der Waals surface area (Å²) < 4.78 is 28.0. The summed E-state index contributed by atoms with van der Waals surface area (Å²) in [6, 6.07) is 13.1. The zero-order chi connectivity index (χ0) is 16.9. The van der Waals surface area contributed by atoms with Crippen LogP contribution in [-0.4, -0.2) is 26.9 Å². The highest BCUT2D eigenvalue weighted by atomic mass is 31.2. The Morgan fingerprint density at radius 1 is 1.13 bits per heavy atom. The highest BCUT2D eigenvalue weighted by Crippen LogP contribution is 2.59. The van der Waals surface area contributed by atoms with Gasteiger partial charge in [-0.05, 0) is 23.3 Å². The van der Waals surface area contributed by atoms with Gasteiger partial charge in [0, 0.05) is 14.2 Å². The molecule has 2 aromatic carbocycles. The van der Waals surface area contributed by atoms with Crippen LogP contribution in [0, 0.1) is 0 Å². The first-order valence-corrected chi connectivity index (χ1v) is 8.79. The van der Waals surface area contributed by atoms with E-state index in [1.165, 1.54) is 14.2 Å². The molecule has 0 saturated heterocycles.